The van der Waals surface area contributed by atoms with Gasteiger partial charge in [-0.3, -0.25) is 0 Å². The molecule has 0 bridgehead atoms. The minimum Gasteiger partial charge on any atom is -0.345 e. The van der Waals surface area contributed by atoms with Gasteiger partial charge in [-0.05, 0) is 41.3 Å². The van der Waals surface area contributed by atoms with Gasteiger partial charge >= 0.3 is 0 Å². The Labute approximate surface area is 115 Å². The molecule has 2 heteroatoms. The summed E-state index contributed by atoms with van der Waals surface area (Å²) in [6.45, 7) is 5.00. The number of hydrogen-bond donors (Lipinski definition) is 1. The average molecular weight is 254 g/mol. The number of nitrogens with zero attached hydrogens (tertiary/aromatic N) is 1. The summed E-state index contributed by atoms with van der Waals surface area (Å²) in [5.41, 5.74) is 10.6. The van der Waals surface area contributed by atoms with Gasteiger partial charge in [0.15, 0.2) is 0 Å². The molecule has 0 aliphatic heterocycles. The van der Waals surface area contributed by atoms with E-state index in [0.717, 1.165) is 5.56 Å². The van der Waals surface area contributed by atoms with Crippen LogP contribution in [0.15, 0.2) is 48.5 Å². The molecule has 2 nitrogen and oxygen atoms in total. The molecule has 0 unspecified atom stereocenters. The first-order valence-corrected chi connectivity index (χ1v) is 6.74. The largest absolute Gasteiger partial charge is 0.345 e. The van der Waals surface area contributed by atoms with Crippen molar-refractivity contribution in [1.82, 2.24) is 0 Å². The number of benzene rings is 2. The smallest absolute Gasteiger partial charge is 0.0411 e. The molecule has 0 aliphatic carbocycles. The van der Waals surface area contributed by atoms with Crippen LogP contribution in [0.3, 0.4) is 0 Å². The molecule has 0 spiro atoms. The first-order chi connectivity index (χ1) is 9.11. The summed E-state index contributed by atoms with van der Waals surface area (Å²) in [5, 5.41) is 0. The third kappa shape index (κ3) is 3.15. The van der Waals surface area contributed by atoms with Gasteiger partial charge in [0.05, 0.1) is 0 Å². The van der Waals surface area contributed by atoms with Crippen molar-refractivity contribution >= 4 is 11.4 Å². The summed E-state index contributed by atoms with van der Waals surface area (Å²) in [6, 6.07) is 17.1. The van der Waals surface area contributed by atoms with Crippen LogP contribution < -0.4 is 10.6 Å². The Hall–Kier alpha value is -1.80. The summed E-state index contributed by atoms with van der Waals surface area (Å²) in [4.78, 5) is 2.18. The zero-order valence-corrected chi connectivity index (χ0v) is 11.9. The quantitative estimate of drug-likeness (QED) is 0.892. The van der Waals surface area contributed by atoms with E-state index >= 15 is 0 Å². The maximum absolute atomic E-state index is 5.69. The first-order valence-electron chi connectivity index (χ1n) is 6.74. The minimum absolute atomic E-state index is 0.569. The van der Waals surface area contributed by atoms with Gasteiger partial charge in [-0.1, -0.05) is 38.1 Å². The molecule has 0 saturated heterocycles. The molecule has 0 saturated carbocycles. The van der Waals surface area contributed by atoms with Crippen LogP contribution in [-0.4, -0.2) is 7.05 Å². The summed E-state index contributed by atoms with van der Waals surface area (Å²) < 4.78 is 0. The Morgan fingerprint density at radius 1 is 1.00 bits per heavy atom. The normalized spacial score (nSPS) is 10.8. The molecule has 0 amide bonds. The van der Waals surface area contributed by atoms with Gasteiger partial charge in [-0.25, -0.2) is 0 Å². The fourth-order valence-corrected chi connectivity index (χ4v) is 2.12. The highest BCUT2D eigenvalue weighted by atomic mass is 15.1. The number of rotatable bonds is 4. The van der Waals surface area contributed by atoms with Gasteiger partial charge in [0.1, 0.15) is 0 Å². The molecule has 2 aromatic rings. The van der Waals surface area contributed by atoms with Gasteiger partial charge < -0.3 is 10.6 Å². The Morgan fingerprint density at radius 2 is 1.68 bits per heavy atom. The molecule has 0 heterocycles. The molecule has 0 aromatic heterocycles. The topological polar surface area (TPSA) is 29.3 Å². The second kappa shape index (κ2) is 5.89. The van der Waals surface area contributed by atoms with Crippen LogP contribution in [0.5, 0.6) is 0 Å². The molecule has 19 heavy (non-hydrogen) atoms. The van der Waals surface area contributed by atoms with Crippen molar-refractivity contribution in [2.24, 2.45) is 5.73 Å². The van der Waals surface area contributed by atoms with Gasteiger partial charge in [-0.2, -0.15) is 0 Å². The molecule has 2 N–H and O–H groups in total. The van der Waals surface area contributed by atoms with Gasteiger partial charge in [0.2, 0.25) is 0 Å². The maximum atomic E-state index is 5.69. The van der Waals surface area contributed by atoms with Crippen LogP contribution in [0.4, 0.5) is 11.4 Å². The molecule has 0 fully saturated rings. The van der Waals surface area contributed by atoms with Crippen molar-refractivity contribution in [2.75, 3.05) is 11.9 Å². The van der Waals surface area contributed by atoms with Crippen molar-refractivity contribution in [3.8, 4) is 0 Å². The fraction of sp³-hybridized carbons (Fsp3) is 0.294. The molecule has 0 radical (unpaired) electrons. The zero-order valence-electron chi connectivity index (χ0n) is 11.9. The van der Waals surface area contributed by atoms with Crippen molar-refractivity contribution in [2.45, 2.75) is 26.3 Å². The molecule has 100 valence electrons. The van der Waals surface area contributed by atoms with E-state index in [9.17, 15) is 0 Å². The number of anilines is 2. The van der Waals surface area contributed by atoms with E-state index in [0.29, 0.717) is 12.5 Å². The van der Waals surface area contributed by atoms with Crippen LogP contribution >= 0.6 is 0 Å². The van der Waals surface area contributed by atoms with Crippen LogP contribution in [-0.2, 0) is 6.54 Å². The maximum Gasteiger partial charge on any atom is 0.0411 e. The highest BCUT2D eigenvalue weighted by molar-refractivity contribution is 5.63. The predicted octanol–water partition coefficient (Wildman–Crippen LogP) is 4.04. The summed E-state index contributed by atoms with van der Waals surface area (Å²) in [6.07, 6.45) is 0. The fourth-order valence-electron chi connectivity index (χ4n) is 2.12. The van der Waals surface area contributed by atoms with E-state index in [1.54, 1.807) is 0 Å². The van der Waals surface area contributed by atoms with Crippen LogP contribution in [0.25, 0.3) is 0 Å². The Balaban J connectivity index is 2.25. The first kappa shape index (κ1) is 13.6. The van der Waals surface area contributed by atoms with E-state index in [1.807, 2.05) is 0 Å². The molecule has 2 aromatic carbocycles. The van der Waals surface area contributed by atoms with Crippen molar-refractivity contribution in [1.29, 1.82) is 0 Å². The van der Waals surface area contributed by atoms with Gasteiger partial charge in [-0.15, -0.1) is 0 Å². The average Bonchev–Trinajstić information content (AvgIpc) is 2.46. The van der Waals surface area contributed by atoms with E-state index in [1.165, 1.54) is 16.9 Å². The molecular formula is C17H22N2. The molecular weight excluding hydrogens is 232 g/mol. The van der Waals surface area contributed by atoms with E-state index in [-0.39, 0.29) is 0 Å². The SMILES string of the molecule is CC(C)c1ccc(N(C)c2cccc(CN)c2)cc1. The highest BCUT2D eigenvalue weighted by Crippen LogP contribution is 2.26. The third-order valence-corrected chi connectivity index (χ3v) is 3.48. The molecule has 0 aliphatic rings. The lowest BCUT2D eigenvalue weighted by atomic mass is 10.0. The van der Waals surface area contributed by atoms with Crippen LogP contribution in [0.1, 0.15) is 30.9 Å². The second-order valence-corrected chi connectivity index (χ2v) is 5.18. The lowest BCUT2D eigenvalue weighted by Gasteiger charge is -2.21. The Kier molecular flexibility index (Phi) is 4.23. The van der Waals surface area contributed by atoms with Crippen molar-refractivity contribution in [3.63, 3.8) is 0 Å². The number of nitrogens with two attached hydrogens (primary N) is 1. The van der Waals surface area contributed by atoms with Crippen LogP contribution in [0, 0.1) is 0 Å². The lowest BCUT2D eigenvalue weighted by Crippen LogP contribution is -2.10. The molecule has 0 atom stereocenters. The van der Waals surface area contributed by atoms with Gasteiger partial charge in [0.25, 0.3) is 0 Å². The monoisotopic (exact) mass is 254 g/mol. The minimum atomic E-state index is 0.569. The lowest BCUT2D eigenvalue weighted by molar-refractivity contribution is 0.866. The van der Waals surface area contributed by atoms with E-state index in [2.05, 4.69) is 74.3 Å². The summed E-state index contributed by atoms with van der Waals surface area (Å²) in [7, 11) is 2.08. The van der Waals surface area contributed by atoms with Crippen molar-refractivity contribution in [3.05, 3.63) is 59.7 Å². The predicted molar refractivity (Wildman–Crippen MR) is 82.9 cm³/mol. The summed E-state index contributed by atoms with van der Waals surface area (Å²) in [5.74, 6) is 0.569. The Bertz CT molecular complexity index is 529. The third-order valence-electron chi connectivity index (χ3n) is 3.48. The van der Waals surface area contributed by atoms with E-state index in [4.69, 9.17) is 5.73 Å². The van der Waals surface area contributed by atoms with Crippen molar-refractivity contribution < 1.29 is 0 Å². The Morgan fingerprint density at radius 3 is 2.26 bits per heavy atom. The number of hydrogen-bond acceptors (Lipinski definition) is 2. The standard InChI is InChI=1S/C17H22N2/c1-13(2)15-7-9-16(10-8-15)19(3)17-6-4-5-14(11-17)12-18/h4-11,13H,12,18H2,1-3H3. The van der Waals surface area contributed by atoms with E-state index < -0.39 is 0 Å². The van der Waals surface area contributed by atoms with Gasteiger partial charge in [0, 0.05) is 25.0 Å². The highest BCUT2D eigenvalue weighted by Gasteiger charge is 2.05. The summed E-state index contributed by atoms with van der Waals surface area (Å²) >= 11 is 0. The van der Waals surface area contributed by atoms with Crippen LogP contribution in [0.2, 0.25) is 0 Å². The zero-order chi connectivity index (χ0) is 13.8. The second-order valence-electron chi connectivity index (χ2n) is 5.18. The molecule has 2 rings (SSSR count).